The van der Waals surface area contributed by atoms with Gasteiger partial charge in [-0.25, -0.2) is 0 Å². The van der Waals surface area contributed by atoms with Crippen LogP contribution in [0.3, 0.4) is 0 Å². The Bertz CT molecular complexity index is 679. The third kappa shape index (κ3) is 4.53. The number of rotatable bonds is 5. The first-order chi connectivity index (χ1) is 12.1. The second-order valence-corrected chi connectivity index (χ2v) is 8.96. The van der Waals surface area contributed by atoms with Crippen molar-refractivity contribution in [1.82, 2.24) is 0 Å². The molecular formula is C20H28O5S. The standard InChI is InChI=1S/C20H28O5S/c1-7-23-17(21)13(2)26-15-10-8-9-14-16(15)24-12-11-20(14,6)18(22)25-19(3,4)5/h8-10,13H,7,11-12H2,1-6H3. The van der Waals surface area contributed by atoms with Gasteiger partial charge in [-0.3, -0.25) is 9.59 Å². The van der Waals surface area contributed by atoms with Gasteiger partial charge in [0.2, 0.25) is 0 Å². The predicted molar refractivity (Wildman–Crippen MR) is 102 cm³/mol. The van der Waals surface area contributed by atoms with Gasteiger partial charge in [-0.2, -0.15) is 0 Å². The summed E-state index contributed by atoms with van der Waals surface area (Å²) in [5.41, 5.74) is -0.521. The van der Waals surface area contributed by atoms with Crippen molar-refractivity contribution < 1.29 is 23.8 Å². The van der Waals surface area contributed by atoms with Crippen molar-refractivity contribution >= 4 is 23.7 Å². The minimum atomic E-state index is -0.773. The van der Waals surface area contributed by atoms with Crippen molar-refractivity contribution in [3.05, 3.63) is 23.8 Å². The molecule has 2 unspecified atom stereocenters. The van der Waals surface area contributed by atoms with Gasteiger partial charge in [-0.1, -0.05) is 12.1 Å². The van der Waals surface area contributed by atoms with Gasteiger partial charge in [0.1, 0.15) is 16.6 Å². The molecule has 1 heterocycles. The molecule has 0 bridgehead atoms. The molecule has 2 rings (SSSR count). The molecule has 5 nitrogen and oxygen atoms in total. The summed E-state index contributed by atoms with van der Waals surface area (Å²) >= 11 is 1.38. The molecular weight excluding hydrogens is 352 g/mol. The number of hydrogen-bond acceptors (Lipinski definition) is 6. The Morgan fingerprint density at radius 1 is 1.35 bits per heavy atom. The topological polar surface area (TPSA) is 61.8 Å². The molecule has 0 saturated heterocycles. The van der Waals surface area contributed by atoms with E-state index < -0.39 is 11.0 Å². The van der Waals surface area contributed by atoms with E-state index in [9.17, 15) is 9.59 Å². The smallest absolute Gasteiger partial charge is 0.319 e. The van der Waals surface area contributed by atoms with Gasteiger partial charge in [0.05, 0.1) is 23.5 Å². The van der Waals surface area contributed by atoms with Crippen LogP contribution in [0.4, 0.5) is 0 Å². The molecule has 0 N–H and O–H groups in total. The van der Waals surface area contributed by atoms with Gasteiger partial charge in [0.25, 0.3) is 0 Å². The molecule has 1 aliphatic heterocycles. The fourth-order valence-electron chi connectivity index (χ4n) is 2.78. The largest absolute Gasteiger partial charge is 0.492 e. The Labute approximate surface area is 159 Å². The van der Waals surface area contributed by atoms with Crippen LogP contribution in [0.2, 0.25) is 0 Å². The van der Waals surface area contributed by atoms with Crippen LogP contribution in [0.25, 0.3) is 0 Å². The van der Waals surface area contributed by atoms with Crippen LogP contribution in [-0.4, -0.2) is 36.0 Å². The van der Waals surface area contributed by atoms with Crippen molar-refractivity contribution in [3.8, 4) is 5.75 Å². The van der Waals surface area contributed by atoms with E-state index >= 15 is 0 Å². The van der Waals surface area contributed by atoms with Crippen LogP contribution in [0.5, 0.6) is 5.75 Å². The Morgan fingerprint density at radius 2 is 2.04 bits per heavy atom. The van der Waals surface area contributed by atoms with Crippen LogP contribution in [-0.2, 0) is 24.5 Å². The summed E-state index contributed by atoms with van der Waals surface area (Å²) < 4.78 is 16.6. The van der Waals surface area contributed by atoms with Gasteiger partial charge in [0, 0.05) is 12.0 Å². The highest BCUT2D eigenvalue weighted by Crippen LogP contribution is 2.45. The zero-order valence-corrected chi connectivity index (χ0v) is 17.2. The summed E-state index contributed by atoms with van der Waals surface area (Å²) in [5.74, 6) is 0.143. The van der Waals surface area contributed by atoms with E-state index in [4.69, 9.17) is 14.2 Å². The number of carbonyl (C=O) groups excluding carboxylic acids is 2. The Balaban J connectivity index is 2.33. The van der Waals surface area contributed by atoms with Gasteiger partial charge in [0.15, 0.2) is 0 Å². The summed E-state index contributed by atoms with van der Waals surface area (Å²) in [6.07, 6.45) is 0.552. The van der Waals surface area contributed by atoms with Gasteiger partial charge in [-0.15, -0.1) is 11.8 Å². The lowest BCUT2D eigenvalue weighted by molar-refractivity contribution is -0.162. The highest BCUT2D eigenvalue weighted by atomic mass is 32.2. The molecule has 26 heavy (non-hydrogen) atoms. The molecule has 1 aromatic carbocycles. The third-order valence-corrected chi connectivity index (χ3v) is 5.31. The Kier molecular flexibility index (Phi) is 6.27. The van der Waals surface area contributed by atoms with Crippen molar-refractivity contribution in [3.63, 3.8) is 0 Å². The minimum absolute atomic E-state index is 0.254. The van der Waals surface area contributed by atoms with E-state index in [1.807, 2.05) is 45.9 Å². The second kappa shape index (κ2) is 7.91. The number of para-hydroxylation sites is 1. The number of esters is 2. The molecule has 0 aliphatic carbocycles. The highest BCUT2D eigenvalue weighted by molar-refractivity contribution is 8.00. The van der Waals surface area contributed by atoms with Crippen LogP contribution < -0.4 is 4.74 Å². The van der Waals surface area contributed by atoms with Crippen molar-refractivity contribution in [2.75, 3.05) is 13.2 Å². The maximum Gasteiger partial charge on any atom is 0.319 e. The van der Waals surface area contributed by atoms with E-state index in [1.165, 1.54) is 11.8 Å². The fraction of sp³-hybridized carbons (Fsp3) is 0.600. The molecule has 0 saturated carbocycles. The lowest BCUT2D eigenvalue weighted by atomic mass is 9.77. The first-order valence-electron chi connectivity index (χ1n) is 8.91. The van der Waals surface area contributed by atoms with E-state index in [2.05, 4.69) is 0 Å². The second-order valence-electron chi connectivity index (χ2n) is 7.58. The van der Waals surface area contributed by atoms with E-state index in [0.717, 1.165) is 10.5 Å². The van der Waals surface area contributed by atoms with Crippen LogP contribution >= 0.6 is 11.8 Å². The molecule has 0 aromatic heterocycles. The number of ether oxygens (including phenoxy) is 3. The number of thioether (sulfide) groups is 1. The fourth-order valence-corrected chi connectivity index (χ4v) is 3.76. The quantitative estimate of drug-likeness (QED) is 0.566. The first kappa shape index (κ1) is 20.6. The molecule has 0 spiro atoms. The minimum Gasteiger partial charge on any atom is -0.492 e. The molecule has 1 aromatic rings. The van der Waals surface area contributed by atoms with Crippen molar-refractivity contribution in [1.29, 1.82) is 0 Å². The third-order valence-electron chi connectivity index (χ3n) is 4.19. The normalized spacial score (nSPS) is 20.5. The van der Waals surface area contributed by atoms with E-state index in [0.29, 0.717) is 25.4 Å². The van der Waals surface area contributed by atoms with E-state index in [-0.39, 0.29) is 17.2 Å². The zero-order chi connectivity index (χ0) is 19.5. The number of benzene rings is 1. The monoisotopic (exact) mass is 380 g/mol. The van der Waals surface area contributed by atoms with E-state index in [1.54, 1.807) is 13.8 Å². The molecule has 2 atom stereocenters. The zero-order valence-electron chi connectivity index (χ0n) is 16.4. The maximum atomic E-state index is 12.9. The molecule has 6 heteroatoms. The summed E-state index contributed by atoms with van der Waals surface area (Å²) in [6.45, 7) is 11.8. The summed E-state index contributed by atoms with van der Waals surface area (Å²) in [7, 11) is 0. The average molecular weight is 381 g/mol. The lowest BCUT2D eigenvalue weighted by Crippen LogP contribution is -2.42. The summed E-state index contributed by atoms with van der Waals surface area (Å²) in [6, 6.07) is 5.69. The summed E-state index contributed by atoms with van der Waals surface area (Å²) in [5, 5.41) is -0.361. The van der Waals surface area contributed by atoms with Gasteiger partial charge < -0.3 is 14.2 Å². The van der Waals surface area contributed by atoms with Crippen molar-refractivity contribution in [2.45, 2.75) is 69.1 Å². The Hall–Kier alpha value is -1.69. The van der Waals surface area contributed by atoms with Crippen LogP contribution in [0.1, 0.15) is 53.5 Å². The Morgan fingerprint density at radius 3 is 2.65 bits per heavy atom. The van der Waals surface area contributed by atoms with Gasteiger partial charge >= 0.3 is 11.9 Å². The first-order valence-corrected chi connectivity index (χ1v) is 9.79. The number of hydrogen-bond donors (Lipinski definition) is 0. The average Bonchev–Trinajstić information content (AvgIpc) is 2.54. The van der Waals surface area contributed by atoms with Crippen molar-refractivity contribution in [2.24, 2.45) is 0 Å². The summed E-state index contributed by atoms with van der Waals surface area (Å²) in [4.78, 5) is 25.6. The number of carbonyl (C=O) groups is 2. The van der Waals surface area contributed by atoms with Crippen LogP contribution in [0.15, 0.2) is 23.1 Å². The SMILES string of the molecule is CCOC(=O)C(C)Sc1cccc2c1OCCC2(C)C(=O)OC(C)(C)C. The highest BCUT2D eigenvalue weighted by Gasteiger charge is 2.44. The molecule has 0 fully saturated rings. The molecule has 0 amide bonds. The number of fused-ring (bicyclic) bond motifs is 1. The molecule has 0 radical (unpaired) electrons. The predicted octanol–water partition coefficient (Wildman–Crippen LogP) is 4.11. The van der Waals surface area contributed by atoms with Gasteiger partial charge in [-0.05, 0) is 47.6 Å². The van der Waals surface area contributed by atoms with Crippen LogP contribution in [0, 0.1) is 0 Å². The maximum absolute atomic E-state index is 12.9. The molecule has 144 valence electrons. The molecule has 1 aliphatic rings. The lowest BCUT2D eigenvalue weighted by Gasteiger charge is -2.36.